The average molecular weight is 409 g/mol. The Balaban J connectivity index is 2.13. The molecule has 1 aliphatic heterocycles. The molecule has 0 amide bonds. The van der Waals surface area contributed by atoms with Gasteiger partial charge in [-0.1, -0.05) is 23.6 Å². The summed E-state index contributed by atoms with van der Waals surface area (Å²) < 4.78 is 41.1. The van der Waals surface area contributed by atoms with Crippen molar-refractivity contribution in [2.75, 3.05) is 0 Å². The van der Waals surface area contributed by atoms with Crippen molar-refractivity contribution in [1.29, 1.82) is 0 Å². The number of aryl methyl sites for hydroxylation is 1. The second-order valence-electron chi connectivity index (χ2n) is 5.95. The van der Waals surface area contributed by atoms with E-state index in [1.807, 2.05) is 0 Å². The van der Waals surface area contributed by atoms with E-state index >= 15 is 0 Å². The van der Waals surface area contributed by atoms with Crippen LogP contribution in [0.15, 0.2) is 46.4 Å². The van der Waals surface area contributed by atoms with Crippen molar-refractivity contribution in [3.63, 3.8) is 0 Å². The number of allylic oxidation sites excluding steroid dienone is 3. The highest BCUT2D eigenvalue weighted by atomic mass is 35.5. The van der Waals surface area contributed by atoms with E-state index in [9.17, 15) is 18.0 Å². The Morgan fingerprint density at radius 1 is 1.29 bits per heavy atom. The number of aromatic nitrogens is 3. The Kier molecular flexibility index (Phi) is 5.66. The number of nitrogens with one attached hydrogen (secondary N) is 1. The lowest BCUT2D eigenvalue weighted by Gasteiger charge is -2.11. The monoisotopic (exact) mass is 408 g/mol. The Morgan fingerprint density at radius 2 is 2.00 bits per heavy atom. The molecule has 0 unspecified atom stereocenters. The molecule has 1 aliphatic rings. The number of halogens is 4. The fraction of sp³-hybridized carbons (Fsp3) is 0.263. The van der Waals surface area contributed by atoms with Gasteiger partial charge < -0.3 is 5.32 Å². The van der Waals surface area contributed by atoms with Gasteiger partial charge in [0, 0.05) is 36.7 Å². The largest absolute Gasteiger partial charge is 0.416 e. The zero-order chi connectivity index (χ0) is 20.3. The number of benzene rings is 1. The highest BCUT2D eigenvalue weighted by Gasteiger charge is 2.30. The van der Waals surface area contributed by atoms with Crippen LogP contribution in [0.1, 0.15) is 31.2 Å². The van der Waals surface area contributed by atoms with E-state index in [0.29, 0.717) is 35.8 Å². The van der Waals surface area contributed by atoms with Crippen LogP contribution in [-0.2, 0) is 12.7 Å². The summed E-state index contributed by atoms with van der Waals surface area (Å²) in [7, 11) is 0. The highest BCUT2D eigenvalue weighted by molar-refractivity contribution is 6.30. The molecule has 0 atom stereocenters. The molecule has 0 fully saturated rings. The summed E-state index contributed by atoms with van der Waals surface area (Å²) in [6, 6.07) is 7.10. The molecule has 2 heterocycles. The van der Waals surface area contributed by atoms with Crippen LogP contribution in [0.5, 0.6) is 0 Å². The fourth-order valence-corrected chi connectivity index (χ4v) is 2.92. The summed E-state index contributed by atoms with van der Waals surface area (Å²) in [5.74, 6) is 3.20. The first-order chi connectivity index (χ1) is 13.3. The minimum atomic E-state index is -4.45. The van der Waals surface area contributed by atoms with Crippen molar-refractivity contribution in [3.8, 4) is 17.7 Å². The smallest absolute Gasteiger partial charge is 0.321 e. The lowest BCUT2D eigenvalue weighted by atomic mass is 10.1. The molecule has 1 N–H and O–H groups in total. The molecule has 0 bridgehead atoms. The number of nitrogens with zero attached hydrogens (tertiary/aromatic N) is 3. The van der Waals surface area contributed by atoms with Crippen molar-refractivity contribution in [1.82, 2.24) is 19.7 Å². The van der Waals surface area contributed by atoms with Crippen LogP contribution in [0.3, 0.4) is 0 Å². The summed E-state index contributed by atoms with van der Waals surface area (Å²) >= 11 is 6.20. The first-order valence-electron chi connectivity index (χ1n) is 8.46. The van der Waals surface area contributed by atoms with Gasteiger partial charge in [-0.05, 0) is 36.8 Å². The minimum Gasteiger partial charge on any atom is -0.321 e. The topological polar surface area (TPSA) is 51.9 Å². The van der Waals surface area contributed by atoms with Gasteiger partial charge >= 0.3 is 11.9 Å². The third kappa shape index (κ3) is 4.15. The molecule has 0 radical (unpaired) electrons. The zero-order valence-corrected chi connectivity index (χ0v) is 15.6. The molecule has 0 aliphatic carbocycles. The minimum absolute atomic E-state index is 0.290. The van der Waals surface area contributed by atoms with Crippen molar-refractivity contribution in [2.24, 2.45) is 0 Å². The first-order valence-corrected chi connectivity index (χ1v) is 8.84. The Labute approximate surface area is 164 Å². The van der Waals surface area contributed by atoms with Gasteiger partial charge in [0.1, 0.15) is 0 Å². The Hall–Kier alpha value is -2.92. The Bertz CT molecular complexity index is 1050. The lowest BCUT2D eigenvalue weighted by Crippen LogP contribution is -2.23. The van der Waals surface area contributed by atoms with Crippen LogP contribution < -0.4 is 11.0 Å². The van der Waals surface area contributed by atoms with Gasteiger partial charge in [-0.25, -0.2) is 14.0 Å². The van der Waals surface area contributed by atoms with Crippen molar-refractivity contribution < 1.29 is 13.2 Å². The van der Waals surface area contributed by atoms with Crippen LogP contribution in [0.4, 0.5) is 13.2 Å². The van der Waals surface area contributed by atoms with Crippen LogP contribution in [-0.4, -0.2) is 14.3 Å². The molecule has 146 valence electrons. The van der Waals surface area contributed by atoms with Crippen molar-refractivity contribution in [3.05, 3.63) is 63.4 Å². The molecule has 5 nitrogen and oxygen atoms in total. The van der Waals surface area contributed by atoms with Gasteiger partial charge in [0.15, 0.2) is 5.82 Å². The molecule has 2 aromatic rings. The van der Waals surface area contributed by atoms with E-state index in [4.69, 9.17) is 11.6 Å². The van der Waals surface area contributed by atoms with E-state index in [1.165, 1.54) is 21.4 Å². The number of hydrogen-bond acceptors (Lipinski definition) is 3. The zero-order valence-electron chi connectivity index (χ0n) is 14.8. The molecule has 0 spiro atoms. The molecular formula is C19H16ClF3N4O. The quantitative estimate of drug-likeness (QED) is 0.784. The number of rotatable bonds is 3. The van der Waals surface area contributed by atoms with Gasteiger partial charge in [-0.3, -0.25) is 0 Å². The molecular weight excluding hydrogens is 393 g/mol. The third-order valence-electron chi connectivity index (χ3n) is 4.08. The van der Waals surface area contributed by atoms with E-state index in [-0.39, 0.29) is 5.69 Å². The Morgan fingerprint density at radius 3 is 2.64 bits per heavy atom. The van der Waals surface area contributed by atoms with Gasteiger partial charge in [0.2, 0.25) is 0 Å². The molecule has 28 heavy (non-hydrogen) atoms. The SMILES string of the molecule is CCn1nc(/C2=C/CC#CN/C=C(/Cl)C2)n(-c2ccc(C(F)(F)F)cc2)c1=O. The predicted octanol–water partition coefficient (Wildman–Crippen LogP) is 3.88. The molecule has 9 heteroatoms. The van der Waals surface area contributed by atoms with Crippen molar-refractivity contribution >= 4 is 17.2 Å². The van der Waals surface area contributed by atoms with Crippen LogP contribution in [0.2, 0.25) is 0 Å². The van der Waals surface area contributed by atoms with E-state index in [0.717, 1.165) is 12.1 Å². The van der Waals surface area contributed by atoms with E-state index < -0.39 is 17.4 Å². The summed E-state index contributed by atoms with van der Waals surface area (Å²) in [5, 5.41) is 7.57. The highest BCUT2D eigenvalue weighted by Crippen LogP contribution is 2.30. The predicted molar refractivity (Wildman–Crippen MR) is 101 cm³/mol. The summed E-state index contributed by atoms with van der Waals surface area (Å²) in [5.41, 5.74) is -0.286. The lowest BCUT2D eigenvalue weighted by molar-refractivity contribution is -0.137. The number of alkyl halides is 3. The third-order valence-corrected chi connectivity index (χ3v) is 4.32. The van der Waals surface area contributed by atoms with Crippen LogP contribution >= 0.6 is 11.6 Å². The maximum Gasteiger partial charge on any atom is 0.416 e. The molecule has 0 saturated heterocycles. The van der Waals surface area contributed by atoms with Gasteiger partial charge in [-0.2, -0.15) is 13.2 Å². The summed E-state index contributed by atoms with van der Waals surface area (Å²) in [6.07, 6.45) is -0.410. The van der Waals surface area contributed by atoms with Gasteiger partial charge in [0.05, 0.1) is 11.3 Å². The summed E-state index contributed by atoms with van der Waals surface area (Å²) in [4.78, 5) is 12.8. The van der Waals surface area contributed by atoms with Gasteiger partial charge in [0.25, 0.3) is 0 Å². The molecule has 1 aromatic heterocycles. The standard InChI is InChI=1S/C19H16ClF3N4O/c1-2-26-18(28)27(16-8-6-14(7-9-16)19(21,22)23)17(25-26)13-5-3-4-10-24-12-15(20)11-13/h5-9,12,24H,2-3,11H2,1H3/b13-5+,15-12+. The van der Waals surface area contributed by atoms with Crippen LogP contribution in [0, 0.1) is 12.0 Å². The fourth-order valence-electron chi connectivity index (χ4n) is 2.72. The second-order valence-corrected chi connectivity index (χ2v) is 6.44. The summed E-state index contributed by atoms with van der Waals surface area (Å²) in [6.45, 7) is 2.08. The van der Waals surface area contributed by atoms with Gasteiger partial charge in [-0.15, -0.1) is 5.10 Å². The van der Waals surface area contributed by atoms with E-state index in [1.54, 1.807) is 19.2 Å². The molecule has 3 rings (SSSR count). The van der Waals surface area contributed by atoms with Crippen LogP contribution in [0.25, 0.3) is 11.3 Å². The van der Waals surface area contributed by atoms with E-state index in [2.05, 4.69) is 22.4 Å². The maximum atomic E-state index is 12.9. The first kappa shape index (κ1) is 19.8. The molecule has 1 aromatic carbocycles. The van der Waals surface area contributed by atoms with Crippen molar-refractivity contribution in [2.45, 2.75) is 32.5 Å². The normalized spacial score (nSPS) is 18.3. The maximum absolute atomic E-state index is 12.9. The second kappa shape index (κ2) is 7.98. The molecule has 0 saturated carbocycles. The average Bonchev–Trinajstić information content (AvgIpc) is 3.03. The number of hydrogen-bond donors (Lipinski definition) is 1.